The number of anilines is 2. The number of nitrogens with two attached hydrogens (primary N) is 1. The Balaban J connectivity index is 2.30. The first-order chi connectivity index (χ1) is 9.38. The lowest BCUT2D eigenvalue weighted by molar-refractivity contribution is 0.102. The molecule has 104 valence electrons. The minimum atomic E-state index is -1.21. The van der Waals surface area contributed by atoms with E-state index in [2.05, 4.69) is 0 Å². The van der Waals surface area contributed by atoms with Crippen LogP contribution in [0.1, 0.15) is 10.4 Å². The molecule has 0 unspecified atom stereocenters. The summed E-state index contributed by atoms with van der Waals surface area (Å²) in [6, 6.07) is 4.92. The summed E-state index contributed by atoms with van der Waals surface area (Å²) in [5.74, 6) is -4.29. The molecule has 0 aromatic heterocycles. The van der Waals surface area contributed by atoms with E-state index in [4.69, 9.17) is 17.3 Å². The molecule has 0 aliphatic rings. The number of carbonyl (C=O) groups excluding carboxylic acids is 1. The van der Waals surface area contributed by atoms with Gasteiger partial charge in [-0.3, -0.25) is 4.79 Å². The Morgan fingerprint density at radius 3 is 2.25 bits per heavy atom. The maximum absolute atomic E-state index is 13.4. The molecule has 7 heteroatoms. The first-order valence-corrected chi connectivity index (χ1v) is 5.77. The molecule has 0 heterocycles. The number of rotatable bonds is 2. The molecule has 0 atom stereocenters. The molecule has 0 aliphatic heterocycles. The zero-order valence-electron chi connectivity index (χ0n) is 9.88. The van der Waals surface area contributed by atoms with Crippen LogP contribution < -0.4 is 11.1 Å². The minimum Gasteiger partial charge on any atom is -0.398 e. The number of halogens is 4. The summed E-state index contributed by atoms with van der Waals surface area (Å²) in [4.78, 5) is 11.8. The second-order valence-corrected chi connectivity index (χ2v) is 4.34. The highest BCUT2D eigenvalue weighted by atomic mass is 35.5. The van der Waals surface area contributed by atoms with Gasteiger partial charge in [0.15, 0.2) is 11.6 Å². The van der Waals surface area contributed by atoms with E-state index in [-0.39, 0.29) is 16.3 Å². The number of nitrogens with one attached hydrogen (secondary N) is 1. The third kappa shape index (κ3) is 2.85. The van der Waals surface area contributed by atoms with Gasteiger partial charge >= 0.3 is 0 Å². The second-order valence-electron chi connectivity index (χ2n) is 3.93. The van der Waals surface area contributed by atoms with Crippen molar-refractivity contribution in [3.63, 3.8) is 0 Å². The molecule has 0 radical (unpaired) electrons. The molecule has 1 amide bonds. The van der Waals surface area contributed by atoms with Crippen molar-refractivity contribution in [3.8, 4) is 0 Å². The predicted molar refractivity (Wildman–Crippen MR) is 70.1 cm³/mol. The molecule has 2 aromatic carbocycles. The van der Waals surface area contributed by atoms with Crippen LogP contribution in [0.5, 0.6) is 0 Å². The number of hydrogen-bond donors (Lipinski definition) is 2. The van der Waals surface area contributed by atoms with Crippen LogP contribution in [-0.4, -0.2) is 5.91 Å². The van der Waals surface area contributed by atoms with Gasteiger partial charge < -0.3 is 11.1 Å². The van der Waals surface area contributed by atoms with E-state index in [1.807, 2.05) is 5.32 Å². The van der Waals surface area contributed by atoms with Crippen LogP contribution in [-0.2, 0) is 0 Å². The van der Waals surface area contributed by atoms with E-state index < -0.39 is 29.0 Å². The van der Waals surface area contributed by atoms with Crippen molar-refractivity contribution in [2.75, 3.05) is 11.1 Å². The third-order valence-corrected chi connectivity index (χ3v) is 2.84. The van der Waals surface area contributed by atoms with E-state index in [9.17, 15) is 18.0 Å². The molecule has 0 spiro atoms. The minimum absolute atomic E-state index is 0.0623. The Kier molecular flexibility index (Phi) is 3.85. The summed E-state index contributed by atoms with van der Waals surface area (Å²) < 4.78 is 39.5. The molecule has 2 aromatic rings. The molecule has 0 bridgehead atoms. The van der Waals surface area contributed by atoms with Crippen molar-refractivity contribution < 1.29 is 18.0 Å². The molecule has 0 saturated heterocycles. The highest BCUT2D eigenvalue weighted by Gasteiger charge is 2.15. The third-order valence-electron chi connectivity index (χ3n) is 2.51. The van der Waals surface area contributed by atoms with E-state index in [0.29, 0.717) is 12.1 Å². The highest BCUT2D eigenvalue weighted by molar-refractivity contribution is 6.33. The lowest BCUT2D eigenvalue weighted by Gasteiger charge is -2.08. The average Bonchev–Trinajstić information content (AvgIpc) is 2.36. The summed E-state index contributed by atoms with van der Waals surface area (Å²) in [6.45, 7) is 0. The van der Waals surface area contributed by atoms with Gasteiger partial charge in [-0.15, -0.1) is 0 Å². The molecule has 3 nitrogen and oxygen atoms in total. The number of amides is 1. The van der Waals surface area contributed by atoms with E-state index >= 15 is 0 Å². The van der Waals surface area contributed by atoms with Crippen LogP contribution in [0.15, 0.2) is 30.3 Å². The topological polar surface area (TPSA) is 55.1 Å². The van der Waals surface area contributed by atoms with Gasteiger partial charge in [0, 0.05) is 17.7 Å². The zero-order valence-corrected chi connectivity index (χ0v) is 10.6. The molecule has 20 heavy (non-hydrogen) atoms. The van der Waals surface area contributed by atoms with Gasteiger partial charge in [0.1, 0.15) is 11.5 Å². The van der Waals surface area contributed by atoms with Gasteiger partial charge in [-0.1, -0.05) is 11.6 Å². The molecule has 0 fully saturated rings. The van der Waals surface area contributed by atoms with E-state index in [0.717, 1.165) is 0 Å². The molecule has 3 N–H and O–H groups in total. The number of carbonyl (C=O) groups is 1. The van der Waals surface area contributed by atoms with Gasteiger partial charge in [-0.05, 0) is 18.2 Å². The maximum atomic E-state index is 13.4. The van der Waals surface area contributed by atoms with Gasteiger partial charge in [0.25, 0.3) is 5.91 Å². The summed E-state index contributed by atoms with van der Waals surface area (Å²) in [5, 5.41) is 2.15. The summed E-state index contributed by atoms with van der Waals surface area (Å²) in [5.41, 5.74) is 5.08. The predicted octanol–water partition coefficient (Wildman–Crippen LogP) is 3.59. The van der Waals surface area contributed by atoms with Crippen LogP contribution in [0.25, 0.3) is 0 Å². The fraction of sp³-hybridized carbons (Fsp3) is 0. The van der Waals surface area contributed by atoms with Crippen molar-refractivity contribution in [1.82, 2.24) is 0 Å². The average molecular weight is 301 g/mol. The normalized spacial score (nSPS) is 10.4. The van der Waals surface area contributed by atoms with E-state index in [1.54, 1.807) is 0 Å². The monoisotopic (exact) mass is 300 g/mol. The van der Waals surface area contributed by atoms with Crippen LogP contribution in [0, 0.1) is 17.5 Å². The maximum Gasteiger partial charge on any atom is 0.255 e. The number of hydrogen-bond acceptors (Lipinski definition) is 2. The SMILES string of the molecule is Nc1ccc(C(=O)Nc2c(F)cc(F)cc2F)cc1Cl. The second kappa shape index (κ2) is 5.42. The van der Waals surface area contributed by atoms with Crippen molar-refractivity contribution in [2.45, 2.75) is 0 Å². The van der Waals surface area contributed by atoms with Gasteiger partial charge in [0.05, 0.1) is 10.7 Å². The fourth-order valence-corrected chi connectivity index (χ4v) is 1.70. The van der Waals surface area contributed by atoms with Crippen molar-refractivity contribution in [3.05, 3.63) is 58.4 Å². The van der Waals surface area contributed by atoms with Crippen LogP contribution in [0.2, 0.25) is 5.02 Å². The lowest BCUT2D eigenvalue weighted by atomic mass is 10.2. The molecular formula is C13H8ClF3N2O. The van der Waals surface area contributed by atoms with Gasteiger partial charge in [-0.2, -0.15) is 0 Å². The molecule has 2 rings (SSSR count). The number of nitrogen functional groups attached to an aromatic ring is 1. The Morgan fingerprint density at radius 1 is 1.10 bits per heavy atom. The van der Waals surface area contributed by atoms with Crippen molar-refractivity contribution >= 4 is 28.9 Å². The van der Waals surface area contributed by atoms with Crippen LogP contribution in [0.3, 0.4) is 0 Å². The van der Waals surface area contributed by atoms with Crippen LogP contribution in [0.4, 0.5) is 24.5 Å². The highest BCUT2D eigenvalue weighted by Crippen LogP contribution is 2.23. The summed E-state index contributed by atoms with van der Waals surface area (Å²) in [7, 11) is 0. The van der Waals surface area contributed by atoms with Crippen molar-refractivity contribution in [2.24, 2.45) is 0 Å². The first-order valence-electron chi connectivity index (χ1n) is 5.39. The molecule has 0 aliphatic carbocycles. The quantitative estimate of drug-likeness (QED) is 0.833. The Labute approximate surface area is 117 Å². The first kappa shape index (κ1) is 14.2. The lowest BCUT2D eigenvalue weighted by Crippen LogP contribution is -2.14. The smallest absolute Gasteiger partial charge is 0.255 e. The van der Waals surface area contributed by atoms with Crippen LogP contribution >= 0.6 is 11.6 Å². The Bertz CT molecular complexity index is 668. The number of benzene rings is 2. The zero-order chi connectivity index (χ0) is 14.9. The fourth-order valence-electron chi connectivity index (χ4n) is 1.52. The van der Waals surface area contributed by atoms with Gasteiger partial charge in [-0.25, -0.2) is 13.2 Å². The standard InChI is InChI=1S/C13H8ClF3N2O/c14-8-3-6(1-2-11(8)18)13(20)19-12-9(16)4-7(15)5-10(12)17/h1-5H,18H2,(H,19,20). The summed E-state index contributed by atoms with van der Waals surface area (Å²) >= 11 is 5.74. The Morgan fingerprint density at radius 2 is 1.70 bits per heavy atom. The largest absolute Gasteiger partial charge is 0.398 e. The van der Waals surface area contributed by atoms with E-state index in [1.165, 1.54) is 18.2 Å². The molecule has 0 saturated carbocycles. The van der Waals surface area contributed by atoms with Gasteiger partial charge in [0.2, 0.25) is 0 Å². The Hall–Kier alpha value is -2.21. The van der Waals surface area contributed by atoms with Crippen molar-refractivity contribution in [1.29, 1.82) is 0 Å². The molecular weight excluding hydrogens is 293 g/mol. The summed E-state index contributed by atoms with van der Waals surface area (Å²) in [6.07, 6.45) is 0.